The van der Waals surface area contributed by atoms with E-state index in [-0.39, 0.29) is 12.3 Å². The first kappa shape index (κ1) is 16.5. The molecule has 0 bridgehead atoms. The average Bonchev–Trinajstić information content (AvgIpc) is 2.97. The van der Waals surface area contributed by atoms with Crippen molar-refractivity contribution in [3.63, 3.8) is 0 Å². The Morgan fingerprint density at radius 2 is 2.22 bits per heavy atom. The van der Waals surface area contributed by atoms with Gasteiger partial charge in [0.2, 0.25) is 0 Å². The molecular weight excluding hydrogens is 307 g/mol. The number of halogens is 1. The predicted octanol–water partition coefficient (Wildman–Crippen LogP) is 0.943. The van der Waals surface area contributed by atoms with Crippen LogP contribution < -0.4 is 10.1 Å². The Balaban J connectivity index is 1.85. The number of urea groups is 1. The predicted molar refractivity (Wildman–Crippen MR) is 78.1 cm³/mol. The summed E-state index contributed by atoms with van der Waals surface area (Å²) in [5.74, 6) is -1.83. The zero-order chi connectivity index (χ0) is 16.8. The summed E-state index contributed by atoms with van der Waals surface area (Å²) in [7, 11) is 1.35. The number of amides is 3. The lowest BCUT2D eigenvalue weighted by atomic mass is 10.2. The Morgan fingerprint density at radius 3 is 2.83 bits per heavy atom. The molecule has 1 aromatic rings. The van der Waals surface area contributed by atoms with Crippen molar-refractivity contribution < 1.29 is 28.2 Å². The molecule has 0 aliphatic carbocycles. The summed E-state index contributed by atoms with van der Waals surface area (Å²) in [6.07, 6.45) is 2.41. The molecule has 1 heterocycles. The van der Waals surface area contributed by atoms with Crippen LogP contribution in [-0.2, 0) is 14.3 Å². The molecule has 1 aliphatic rings. The molecule has 1 saturated heterocycles. The standard InChI is InChI=1S/C15H15FN2O5/c1-22-12-4-2-10(8-11(12)16)3-5-14(20)23-9-13(19)18-7-6-17-15(18)21/h2-5,8H,6-7,9H2,1H3,(H,17,21)/b5-3+. The Kier molecular flexibility index (Phi) is 5.29. The van der Waals surface area contributed by atoms with Crippen LogP contribution in [0.3, 0.4) is 0 Å². The molecule has 2 rings (SSSR count). The van der Waals surface area contributed by atoms with Crippen LogP contribution in [0.2, 0.25) is 0 Å². The monoisotopic (exact) mass is 322 g/mol. The Hall–Kier alpha value is -2.90. The highest BCUT2D eigenvalue weighted by atomic mass is 19.1. The van der Waals surface area contributed by atoms with Gasteiger partial charge in [-0.15, -0.1) is 0 Å². The molecule has 122 valence electrons. The van der Waals surface area contributed by atoms with Gasteiger partial charge in [0.05, 0.1) is 7.11 Å². The van der Waals surface area contributed by atoms with E-state index in [0.29, 0.717) is 12.1 Å². The number of hydrogen-bond donors (Lipinski definition) is 1. The highest BCUT2D eigenvalue weighted by Crippen LogP contribution is 2.18. The third kappa shape index (κ3) is 4.29. The number of carbonyl (C=O) groups is 3. The van der Waals surface area contributed by atoms with E-state index in [4.69, 9.17) is 9.47 Å². The highest BCUT2D eigenvalue weighted by molar-refractivity contribution is 5.97. The summed E-state index contributed by atoms with van der Waals surface area (Å²) < 4.78 is 23.0. The van der Waals surface area contributed by atoms with E-state index in [2.05, 4.69) is 5.32 Å². The maximum Gasteiger partial charge on any atom is 0.331 e. The van der Waals surface area contributed by atoms with Gasteiger partial charge in [0.15, 0.2) is 18.2 Å². The number of nitrogens with zero attached hydrogens (tertiary/aromatic N) is 1. The first-order valence-corrected chi connectivity index (χ1v) is 6.78. The average molecular weight is 322 g/mol. The molecule has 8 heteroatoms. The van der Waals surface area contributed by atoms with Gasteiger partial charge in [0.1, 0.15) is 0 Å². The molecule has 0 aromatic heterocycles. The SMILES string of the molecule is COc1ccc(/C=C/C(=O)OCC(=O)N2CCNC2=O)cc1F. The molecule has 1 N–H and O–H groups in total. The van der Waals surface area contributed by atoms with Crippen molar-refractivity contribution in [2.75, 3.05) is 26.8 Å². The number of rotatable bonds is 5. The van der Waals surface area contributed by atoms with Gasteiger partial charge in [-0.3, -0.25) is 9.69 Å². The number of methoxy groups -OCH3 is 1. The topological polar surface area (TPSA) is 84.9 Å². The lowest BCUT2D eigenvalue weighted by Crippen LogP contribution is -2.37. The second-order valence-corrected chi connectivity index (χ2v) is 4.61. The number of nitrogens with one attached hydrogen (secondary N) is 1. The number of hydrogen-bond acceptors (Lipinski definition) is 5. The quantitative estimate of drug-likeness (QED) is 0.644. The molecule has 3 amide bonds. The van der Waals surface area contributed by atoms with Crippen LogP contribution in [0.25, 0.3) is 6.08 Å². The Labute approximate surface area is 131 Å². The molecule has 0 unspecified atom stereocenters. The maximum absolute atomic E-state index is 13.5. The van der Waals surface area contributed by atoms with E-state index in [1.54, 1.807) is 6.07 Å². The van der Waals surface area contributed by atoms with Gasteiger partial charge in [-0.05, 0) is 23.8 Å². The third-order valence-electron chi connectivity index (χ3n) is 3.08. The summed E-state index contributed by atoms with van der Waals surface area (Å²) in [5, 5.41) is 2.47. The minimum absolute atomic E-state index is 0.0965. The van der Waals surface area contributed by atoms with Gasteiger partial charge in [0, 0.05) is 19.2 Å². The molecule has 23 heavy (non-hydrogen) atoms. The number of esters is 1. The summed E-state index contributed by atoms with van der Waals surface area (Å²) in [6.45, 7) is 0.0885. The summed E-state index contributed by atoms with van der Waals surface area (Å²) in [5.41, 5.74) is 0.436. The van der Waals surface area contributed by atoms with Crippen molar-refractivity contribution >= 4 is 24.0 Å². The maximum atomic E-state index is 13.5. The molecule has 1 aliphatic heterocycles. The third-order valence-corrected chi connectivity index (χ3v) is 3.08. The number of carbonyl (C=O) groups excluding carboxylic acids is 3. The number of imide groups is 1. The van der Waals surface area contributed by atoms with Gasteiger partial charge < -0.3 is 14.8 Å². The normalized spacial score (nSPS) is 14.0. The van der Waals surface area contributed by atoms with Crippen LogP contribution in [0, 0.1) is 5.82 Å². The van der Waals surface area contributed by atoms with E-state index < -0.39 is 30.3 Å². The van der Waals surface area contributed by atoms with Crippen LogP contribution >= 0.6 is 0 Å². The van der Waals surface area contributed by atoms with Crippen molar-refractivity contribution in [1.29, 1.82) is 0 Å². The second-order valence-electron chi connectivity index (χ2n) is 4.61. The van der Waals surface area contributed by atoms with Crippen LogP contribution in [0.1, 0.15) is 5.56 Å². The van der Waals surface area contributed by atoms with Crippen molar-refractivity contribution in [3.05, 3.63) is 35.7 Å². The van der Waals surface area contributed by atoms with Gasteiger partial charge in [-0.25, -0.2) is 14.0 Å². The molecular formula is C15H15FN2O5. The van der Waals surface area contributed by atoms with Crippen molar-refractivity contribution in [3.8, 4) is 5.75 Å². The van der Waals surface area contributed by atoms with Gasteiger partial charge in [-0.2, -0.15) is 0 Å². The van der Waals surface area contributed by atoms with Crippen LogP contribution in [-0.4, -0.2) is 49.6 Å². The first-order chi connectivity index (χ1) is 11.0. The van der Waals surface area contributed by atoms with E-state index in [1.165, 1.54) is 25.3 Å². The summed E-state index contributed by atoms with van der Waals surface area (Å²) in [4.78, 5) is 35.4. The zero-order valence-electron chi connectivity index (χ0n) is 12.4. The van der Waals surface area contributed by atoms with Crippen LogP contribution in [0.4, 0.5) is 9.18 Å². The first-order valence-electron chi connectivity index (χ1n) is 6.78. The van der Waals surface area contributed by atoms with Crippen LogP contribution in [0.15, 0.2) is 24.3 Å². The van der Waals surface area contributed by atoms with Gasteiger partial charge in [0.25, 0.3) is 5.91 Å². The lowest BCUT2D eigenvalue weighted by molar-refractivity contribution is -0.146. The second kappa shape index (κ2) is 7.39. The fraction of sp³-hybridized carbons (Fsp3) is 0.267. The molecule has 1 aromatic carbocycles. The summed E-state index contributed by atoms with van der Waals surface area (Å²) >= 11 is 0. The minimum atomic E-state index is -0.769. The van der Waals surface area contributed by atoms with Gasteiger partial charge >= 0.3 is 12.0 Å². The largest absolute Gasteiger partial charge is 0.494 e. The highest BCUT2D eigenvalue weighted by Gasteiger charge is 2.26. The lowest BCUT2D eigenvalue weighted by Gasteiger charge is -2.11. The zero-order valence-corrected chi connectivity index (χ0v) is 12.4. The Bertz CT molecular complexity index is 659. The Morgan fingerprint density at radius 1 is 1.43 bits per heavy atom. The van der Waals surface area contributed by atoms with Crippen molar-refractivity contribution in [2.24, 2.45) is 0 Å². The van der Waals surface area contributed by atoms with Crippen LogP contribution in [0.5, 0.6) is 5.75 Å². The number of benzene rings is 1. The smallest absolute Gasteiger partial charge is 0.331 e. The summed E-state index contributed by atoms with van der Waals surface area (Å²) in [6, 6.07) is 3.68. The molecule has 0 spiro atoms. The van der Waals surface area contributed by atoms with Gasteiger partial charge in [-0.1, -0.05) is 6.07 Å². The number of ether oxygens (including phenoxy) is 2. The van der Waals surface area contributed by atoms with Crippen molar-refractivity contribution in [2.45, 2.75) is 0 Å². The molecule has 0 atom stereocenters. The fourth-order valence-corrected chi connectivity index (χ4v) is 1.92. The molecule has 7 nitrogen and oxygen atoms in total. The van der Waals surface area contributed by atoms with E-state index in [9.17, 15) is 18.8 Å². The van der Waals surface area contributed by atoms with E-state index >= 15 is 0 Å². The van der Waals surface area contributed by atoms with E-state index in [0.717, 1.165) is 11.0 Å². The van der Waals surface area contributed by atoms with Crippen molar-refractivity contribution in [1.82, 2.24) is 10.2 Å². The minimum Gasteiger partial charge on any atom is -0.494 e. The molecule has 0 radical (unpaired) electrons. The molecule has 1 fully saturated rings. The fourth-order valence-electron chi connectivity index (χ4n) is 1.92. The molecule has 0 saturated carbocycles. The van der Waals surface area contributed by atoms with E-state index in [1.807, 2.05) is 0 Å².